The monoisotopic (exact) mass is 590 g/mol. The van der Waals surface area contributed by atoms with Gasteiger partial charge in [0.25, 0.3) is 0 Å². The first-order valence-electron chi connectivity index (χ1n) is 8.78. The molecule has 0 aliphatic heterocycles. The smallest absolute Gasteiger partial charge is 0.336 e. The van der Waals surface area contributed by atoms with Crippen molar-refractivity contribution in [1.82, 2.24) is 0 Å². The lowest BCUT2D eigenvalue weighted by molar-refractivity contribution is -0.134. The fraction of sp³-hybridized carbons (Fsp3) is 0.105. The number of benzene rings is 2. The Labute approximate surface area is 217 Å². The van der Waals surface area contributed by atoms with Crippen molar-refractivity contribution in [2.45, 2.75) is 38.3 Å². The largest absolute Gasteiger partial charge is 0.423 e. The number of halogens is 5. The van der Waals surface area contributed by atoms with Gasteiger partial charge in [-0.1, -0.05) is 6.07 Å². The molecule has 2 aromatic carbocycles. The van der Waals surface area contributed by atoms with Gasteiger partial charge in [0, 0.05) is 19.9 Å². The minimum atomic E-state index is -1.21. The molecule has 0 atom stereocenters. The molecule has 0 aliphatic rings. The second-order valence-corrected chi connectivity index (χ2v) is 8.82. The van der Waals surface area contributed by atoms with Gasteiger partial charge in [-0.05, 0) is 23.8 Å². The van der Waals surface area contributed by atoms with Crippen LogP contribution in [0.5, 0.6) is 17.2 Å². The maximum atomic E-state index is 13.6. The Morgan fingerprint density at radius 3 is 1.60 bits per heavy atom. The highest BCUT2D eigenvalue weighted by Gasteiger charge is 2.30. The van der Waals surface area contributed by atoms with E-state index in [9.17, 15) is 33.8 Å². The quantitative estimate of drug-likeness (QED) is 0.117. The molecular weight excluding hydrogens is 580 g/mol. The molecule has 2 aromatic rings. The van der Waals surface area contributed by atoms with Crippen LogP contribution in [0.25, 0.3) is 6.08 Å². The molecule has 0 unspecified atom stereocenters. The maximum absolute atomic E-state index is 13.6. The highest BCUT2D eigenvalue weighted by atomic mass is 32.2. The number of carbonyl (C=O) groups excluding carboxylic acids is 3. The number of ether oxygens (including phenoxy) is 3. The Hall–Kier alpha value is -2.01. The van der Waals surface area contributed by atoms with Crippen molar-refractivity contribution in [2.24, 2.45) is 0 Å². The third kappa shape index (κ3) is 7.49. The molecule has 0 saturated heterocycles. The Morgan fingerprint density at radius 2 is 1.14 bits per heavy atom. The Kier molecular flexibility index (Phi) is 11.6. The topological polar surface area (TPSA) is 78.9 Å². The van der Waals surface area contributed by atoms with E-state index >= 15 is 0 Å². The van der Waals surface area contributed by atoms with Crippen LogP contribution in [0, 0.1) is 0 Å². The van der Waals surface area contributed by atoms with E-state index in [2.05, 4.69) is 0 Å². The SMILES string of the molecule is CC(=O)Oc1ccc(C=CC(=O)Oc2c(SF)c(SF)c(SF)c(SF)c2SF)cc1OC(C)=O. The molecule has 0 bridgehead atoms. The lowest BCUT2D eigenvalue weighted by Gasteiger charge is -2.16. The zero-order chi connectivity index (χ0) is 26.1. The number of esters is 3. The third-order valence-electron chi connectivity index (χ3n) is 3.71. The van der Waals surface area contributed by atoms with E-state index in [1.165, 1.54) is 18.2 Å². The van der Waals surface area contributed by atoms with E-state index in [1.54, 1.807) is 0 Å². The van der Waals surface area contributed by atoms with Gasteiger partial charge in [0.15, 0.2) is 17.2 Å². The Balaban J connectivity index is 2.43. The van der Waals surface area contributed by atoms with Gasteiger partial charge < -0.3 is 14.2 Å². The van der Waals surface area contributed by atoms with Crippen molar-refractivity contribution < 1.29 is 48.0 Å². The summed E-state index contributed by atoms with van der Waals surface area (Å²) < 4.78 is 82.0. The van der Waals surface area contributed by atoms with Gasteiger partial charge in [-0.2, -0.15) is 19.4 Å². The second kappa shape index (κ2) is 13.9. The molecule has 2 rings (SSSR count). The molecular formula is C19H11F5O6S5. The molecule has 16 heteroatoms. The van der Waals surface area contributed by atoms with E-state index in [1.807, 2.05) is 0 Å². The lowest BCUT2D eigenvalue weighted by Crippen LogP contribution is -2.08. The van der Waals surface area contributed by atoms with Crippen molar-refractivity contribution in [2.75, 3.05) is 0 Å². The lowest BCUT2D eigenvalue weighted by atomic mass is 10.2. The van der Waals surface area contributed by atoms with Crippen molar-refractivity contribution in [3.05, 3.63) is 29.8 Å². The first kappa shape index (κ1) is 29.2. The summed E-state index contributed by atoms with van der Waals surface area (Å²) in [5, 5.41) is 0. The molecule has 0 fully saturated rings. The third-order valence-corrected chi connectivity index (χ3v) is 7.00. The zero-order valence-corrected chi connectivity index (χ0v) is 21.3. The first-order valence-corrected chi connectivity index (χ1v) is 12.4. The Morgan fingerprint density at radius 1 is 0.686 bits per heavy atom. The van der Waals surface area contributed by atoms with Gasteiger partial charge >= 0.3 is 17.9 Å². The summed E-state index contributed by atoms with van der Waals surface area (Å²) in [7, 11) is 0. The number of hydrogen-bond donors (Lipinski definition) is 0. The van der Waals surface area contributed by atoms with E-state index in [0.29, 0.717) is 0 Å². The zero-order valence-electron chi connectivity index (χ0n) is 17.3. The molecule has 35 heavy (non-hydrogen) atoms. The van der Waals surface area contributed by atoms with Crippen molar-refractivity contribution >= 4 is 84.7 Å². The van der Waals surface area contributed by atoms with Crippen LogP contribution in [0.3, 0.4) is 0 Å². The fourth-order valence-electron chi connectivity index (χ4n) is 2.46. The highest BCUT2D eigenvalue weighted by molar-refractivity contribution is 8.00. The summed E-state index contributed by atoms with van der Waals surface area (Å²) in [6, 6.07) is 3.91. The van der Waals surface area contributed by atoms with E-state index in [-0.39, 0.29) is 17.1 Å². The predicted octanol–water partition coefficient (Wildman–Crippen LogP) is 8.04. The van der Waals surface area contributed by atoms with Crippen molar-refractivity contribution in [3.63, 3.8) is 0 Å². The highest BCUT2D eigenvalue weighted by Crippen LogP contribution is 2.55. The normalized spacial score (nSPS) is 10.9. The summed E-state index contributed by atoms with van der Waals surface area (Å²) >= 11 is -3.20. The van der Waals surface area contributed by atoms with Crippen LogP contribution in [-0.4, -0.2) is 17.9 Å². The van der Waals surface area contributed by atoms with Crippen LogP contribution in [0.2, 0.25) is 0 Å². The van der Waals surface area contributed by atoms with E-state index in [0.717, 1.165) is 26.0 Å². The number of carbonyl (C=O) groups is 3. The second-order valence-electron chi connectivity index (χ2n) is 6.01. The van der Waals surface area contributed by atoms with Gasteiger partial charge in [-0.15, -0.1) is 0 Å². The summed E-state index contributed by atoms with van der Waals surface area (Å²) in [4.78, 5) is 31.1. The summed E-state index contributed by atoms with van der Waals surface area (Å²) in [6.07, 6.45) is 1.96. The van der Waals surface area contributed by atoms with Crippen LogP contribution >= 0.6 is 60.7 Å². The molecule has 0 radical (unpaired) electrons. The van der Waals surface area contributed by atoms with Gasteiger partial charge in [0.2, 0.25) is 0 Å². The van der Waals surface area contributed by atoms with Gasteiger partial charge in [-0.25, -0.2) is 4.79 Å². The molecule has 0 saturated carbocycles. The number of hydrogen-bond acceptors (Lipinski definition) is 11. The van der Waals surface area contributed by atoms with Crippen molar-refractivity contribution in [3.8, 4) is 17.2 Å². The van der Waals surface area contributed by atoms with Gasteiger partial charge in [0.05, 0.1) is 75.4 Å². The van der Waals surface area contributed by atoms with Crippen molar-refractivity contribution in [1.29, 1.82) is 0 Å². The molecule has 0 heterocycles. The maximum Gasteiger partial charge on any atom is 0.336 e. The average molecular weight is 591 g/mol. The van der Waals surface area contributed by atoms with Gasteiger partial charge in [-0.3, -0.25) is 9.59 Å². The Bertz CT molecular complexity index is 1130. The standard InChI is InChI=1S/C19H11F5O6S5/c1-8(25)28-11-5-3-10(7-12(11)29-9(2)26)4-6-13(27)30-14-15(31-20)17(33-22)19(35-24)18(34-23)16(14)32-21/h3-7H,1-2H3. The van der Waals surface area contributed by atoms with E-state index in [4.69, 9.17) is 14.2 Å². The predicted molar refractivity (Wildman–Crippen MR) is 125 cm³/mol. The molecule has 6 nitrogen and oxygen atoms in total. The van der Waals surface area contributed by atoms with Gasteiger partial charge in [0.1, 0.15) is 9.79 Å². The number of rotatable bonds is 10. The molecule has 0 amide bonds. The fourth-order valence-corrected chi connectivity index (χ4v) is 5.26. The minimum absolute atomic E-state index is 0.0695. The molecule has 0 aromatic heterocycles. The first-order chi connectivity index (χ1) is 16.7. The van der Waals surface area contributed by atoms with E-state index < -0.39 is 109 Å². The van der Waals surface area contributed by atoms with Crippen LogP contribution < -0.4 is 14.2 Å². The summed E-state index contributed by atoms with van der Waals surface area (Å²) in [6.45, 7) is 2.24. The van der Waals surface area contributed by atoms with Crippen LogP contribution in [-0.2, 0) is 14.4 Å². The van der Waals surface area contributed by atoms with Crippen LogP contribution in [0.15, 0.2) is 48.8 Å². The molecule has 0 N–H and O–H groups in total. The van der Waals surface area contributed by atoms with Crippen LogP contribution in [0.1, 0.15) is 19.4 Å². The average Bonchev–Trinajstić information content (AvgIpc) is 2.82. The van der Waals surface area contributed by atoms with Crippen LogP contribution in [0.4, 0.5) is 19.4 Å². The molecule has 0 spiro atoms. The summed E-state index contributed by atoms with van der Waals surface area (Å²) in [5.41, 5.74) is 0.249. The molecule has 0 aliphatic carbocycles. The molecule has 188 valence electrons. The minimum Gasteiger partial charge on any atom is -0.423 e. The summed E-state index contributed by atoms with van der Waals surface area (Å²) in [5.74, 6) is -3.65.